The van der Waals surface area contributed by atoms with Crippen LogP contribution in [0.4, 0.5) is 0 Å². The molecule has 1 N–H and O–H groups in total. The first-order valence-corrected chi connectivity index (χ1v) is 12.0. The molecule has 1 spiro atoms. The van der Waals surface area contributed by atoms with Crippen LogP contribution in [-0.2, 0) is 10.0 Å². The van der Waals surface area contributed by atoms with Crippen molar-refractivity contribution in [2.45, 2.75) is 89.4 Å². The Balaban J connectivity index is 1.56. The third kappa shape index (κ3) is 5.34. The quantitative estimate of drug-likeness (QED) is 0.683. The van der Waals surface area contributed by atoms with E-state index in [1.165, 1.54) is 44.9 Å². The highest BCUT2D eigenvalue weighted by Gasteiger charge is 2.34. The lowest BCUT2D eigenvalue weighted by Gasteiger charge is -2.41. The fraction of sp³-hybridized carbons (Fsp3) is 0.682. The van der Waals surface area contributed by atoms with Gasteiger partial charge in [-0.15, -0.1) is 0 Å². The van der Waals surface area contributed by atoms with Gasteiger partial charge in [0.05, 0.1) is 4.90 Å². The zero-order chi connectivity index (χ0) is 19.3. The molecule has 2 aliphatic rings. The SMILES string of the molecule is CCC1CCC2(CCCC(=NNS(=O)(=O)c3ccc(C)cc3)CCC2)CC1. The minimum Gasteiger partial charge on any atom is -0.200 e. The van der Waals surface area contributed by atoms with Gasteiger partial charge in [0, 0.05) is 5.71 Å². The van der Waals surface area contributed by atoms with Crippen molar-refractivity contribution in [3.8, 4) is 0 Å². The second-order valence-electron chi connectivity index (χ2n) is 8.64. The summed E-state index contributed by atoms with van der Waals surface area (Å²) >= 11 is 0. The number of nitrogens with zero attached hydrogens (tertiary/aromatic N) is 1. The van der Waals surface area contributed by atoms with Crippen LogP contribution in [0.25, 0.3) is 0 Å². The number of benzene rings is 1. The van der Waals surface area contributed by atoms with Gasteiger partial charge < -0.3 is 0 Å². The van der Waals surface area contributed by atoms with Crippen molar-refractivity contribution in [3.63, 3.8) is 0 Å². The normalized spacial score (nSPS) is 27.0. The summed E-state index contributed by atoms with van der Waals surface area (Å²) in [6.07, 6.45) is 13.5. The van der Waals surface area contributed by atoms with E-state index in [1.54, 1.807) is 12.1 Å². The Bertz CT molecular complexity index is 731. The van der Waals surface area contributed by atoms with Crippen molar-refractivity contribution < 1.29 is 8.42 Å². The van der Waals surface area contributed by atoms with E-state index in [9.17, 15) is 8.42 Å². The van der Waals surface area contributed by atoms with E-state index < -0.39 is 10.0 Å². The van der Waals surface area contributed by atoms with Crippen LogP contribution in [0.1, 0.15) is 83.1 Å². The lowest BCUT2D eigenvalue weighted by Crippen LogP contribution is -2.29. The van der Waals surface area contributed by atoms with Crippen LogP contribution in [-0.4, -0.2) is 14.1 Å². The topological polar surface area (TPSA) is 58.5 Å². The number of rotatable bonds is 4. The van der Waals surface area contributed by atoms with Crippen LogP contribution < -0.4 is 4.83 Å². The maximum absolute atomic E-state index is 12.4. The number of hydrogen-bond acceptors (Lipinski definition) is 3. The van der Waals surface area contributed by atoms with E-state index in [1.807, 2.05) is 19.1 Å². The van der Waals surface area contributed by atoms with Gasteiger partial charge in [-0.25, -0.2) is 4.83 Å². The first kappa shape index (κ1) is 20.4. The largest absolute Gasteiger partial charge is 0.276 e. The minimum absolute atomic E-state index is 0.273. The molecule has 150 valence electrons. The molecule has 1 aromatic rings. The molecule has 0 atom stereocenters. The van der Waals surface area contributed by atoms with Crippen LogP contribution in [0.15, 0.2) is 34.3 Å². The lowest BCUT2D eigenvalue weighted by atomic mass is 9.64. The number of hydrazone groups is 1. The van der Waals surface area contributed by atoms with Gasteiger partial charge in [0.1, 0.15) is 0 Å². The number of nitrogens with one attached hydrogen (secondary N) is 1. The zero-order valence-corrected chi connectivity index (χ0v) is 17.7. The van der Waals surface area contributed by atoms with E-state index in [4.69, 9.17) is 0 Å². The van der Waals surface area contributed by atoms with Gasteiger partial charge in [-0.2, -0.15) is 13.5 Å². The molecule has 3 rings (SSSR count). The summed E-state index contributed by atoms with van der Waals surface area (Å²) in [5, 5.41) is 4.29. The maximum atomic E-state index is 12.4. The summed E-state index contributed by atoms with van der Waals surface area (Å²) < 4.78 is 24.8. The average molecular weight is 391 g/mol. The van der Waals surface area contributed by atoms with Crippen molar-refractivity contribution in [1.82, 2.24) is 4.83 Å². The Kier molecular flexibility index (Phi) is 6.61. The number of sulfonamides is 1. The monoisotopic (exact) mass is 390 g/mol. The third-order valence-electron chi connectivity index (χ3n) is 6.74. The first-order valence-electron chi connectivity index (χ1n) is 10.6. The van der Waals surface area contributed by atoms with Crippen LogP contribution in [0, 0.1) is 18.3 Å². The molecular weight excluding hydrogens is 356 g/mol. The van der Waals surface area contributed by atoms with Crippen LogP contribution in [0.2, 0.25) is 0 Å². The molecule has 0 amide bonds. The van der Waals surface area contributed by atoms with Gasteiger partial charge in [-0.3, -0.25) is 0 Å². The summed E-state index contributed by atoms with van der Waals surface area (Å²) in [6, 6.07) is 6.88. The molecule has 2 saturated carbocycles. The first-order chi connectivity index (χ1) is 12.9. The highest BCUT2D eigenvalue weighted by molar-refractivity contribution is 7.89. The predicted molar refractivity (Wildman–Crippen MR) is 111 cm³/mol. The predicted octanol–water partition coefficient (Wildman–Crippen LogP) is 5.57. The summed E-state index contributed by atoms with van der Waals surface area (Å²) in [7, 11) is -3.57. The smallest absolute Gasteiger partial charge is 0.200 e. The maximum Gasteiger partial charge on any atom is 0.276 e. The Morgan fingerprint density at radius 2 is 1.63 bits per heavy atom. The molecule has 0 heterocycles. The van der Waals surface area contributed by atoms with Crippen LogP contribution in [0.3, 0.4) is 0 Å². The summed E-state index contributed by atoms with van der Waals surface area (Å²) in [4.78, 5) is 2.73. The van der Waals surface area contributed by atoms with Crippen molar-refractivity contribution in [1.29, 1.82) is 0 Å². The number of aryl methyl sites for hydroxylation is 1. The Morgan fingerprint density at radius 1 is 1.04 bits per heavy atom. The minimum atomic E-state index is -3.57. The fourth-order valence-electron chi connectivity index (χ4n) is 4.79. The molecule has 4 nitrogen and oxygen atoms in total. The second kappa shape index (κ2) is 8.76. The van der Waals surface area contributed by atoms with Crippen molar-refractivity contribution in [2.24, 2.45) is 16.4 Å². The van der Waals surface area contributed by atoms with Crippen molar-refractivity contribution >= 4 is 15.7 Å². The molecule has 0 saturated heterocycles. The average Bonchev–Trinajstić information content (AvgIpc) is 2.65. The summed E-state index contributed by atoms with van der Waals surface area (Å²) in [6.45, 7) is 4.27. The van der Waals surface area contributed by atoms with E-state index >= 15 is 0 Å². The molecule has 0 unspecified atom stereocenters. The third-order valence-corrected chi connectivity index (χ3v) is 7.97. The molecular formula is C22H34N2O2S. The van der Waals surface area contributed by atoms with E-state index in [2.05, 4.69) is 16.9 Å². The molecule has 0 radical (unpaired) electrons. The summed E-state index contributed by atoms with van der Waals surface area (Å²) in [5.41, 5.74) is 2.60. The Labute approximate surface area is 164 Å². The molecule has 0 aromatic heterocycles. The molecule has 2 aliphatic carbocycles. The van der Waals surface area contributed by atoms with E-state index in [0.717, 1.165) is 42.9 Å². The highest BCUT2D eigenvalue weighted by Crippen LogP contribution is 2.47. The van der Waals surface area contributed by atoms with Gasteiger partial charge in [0.25, 0.3) is 10.0 Å². The second-order valence-corrected chi connectivity index (χ2v) is 10.3. The van der Waals surface area contributed by atoms with E-state index in [-0.39, 0.29) is 4.90 Å². The molecule has 0 bridgehead atoms. The zero-order valence-electron chi connectivity index (χ0n) is 16.8. The highest BCUT2D eigenvalue weighted by atomic mass is 32.2. The molecule has 0 aliphatic heterocycles. The Hall–Kier alpha value is -1.36. The van der Waals surface area contributed by atoms with Gasteiger partial charge in [0.2, 0.25) is 0 Å². The molecule has 2 fully saturated rings. The van der Waals surface area contributed by atoms with Gasteiger partial charge in [0.15, 0.2) is 0 Å². The van der Waals surface area contributed by atoms with Crippen LogP contribution in [0.5, 0.6) is 0 Å². The lowest BCUT2D eigenvalue weighted by molar-refractivity contribution is 0.115. The number of hydrogen-bond donors (Lipinski definition) is 1. The van der Waals surface area contributed by atoms with Gasteiger partial charge >= 0.3 is 0 Å². The standard InChI is InChI=1S/C22H34N2O2S/c1-3-19-12-16-22(17-13-19)14-4-6-20(7-5-15-22)23-24-27(25,26)21-10-8-18(2)9-11-21/h8-11,19,24H,3-7,12-17H2,1-2H3. The van der Waals surface area contributed by atoms with Gasteiger partial charge in [-0.1, -0.05) is 31.0 Å². The molecule has 1 aromatic carbocycles. The van der Waals surface area contributed by atoms with E-state index in [0.29, 0.717) is 5.41 Å². The van der Waals surface area contributed by atoms with Crippen molar-refractivity contribution in [2.75, 3.05) is 0 Å². The molecule has 5 heteroatoms. The van der Waals surface area contributed by atoms with Gasteiger partial charge in [-0.05, 0) is 94.6 Å². The summed E-state index contributed by atoms with van der Waals surface area (Å²) in [5.74, 6) is 0.939. The fourth-order valence-corrected chi connectivity index (χ4v) is 5.64. The van der Waals surface area contributed by atoms with Crippen LogP contribution >= 0.6 is 0 Å². The van der Waals surface area contributed by atoms with Crippen molar-refractivity contribution in [3.05, 3.63) is 29.8 Å². The Morgan fingerprint density at radius 3 is 2.19 bits per heavy atom. The molecule has 27 heavy (non-hydrogen) atoms.